The zero-order chi connectivity index (χ0) is 17.6. The van der Waals surface area contributed by atoms with Gasteiger partial charge in [0.1, 0.15) is 6.04 Å². The van der Waals surface area contributed by atoms with Crippen molar-refractivity contribution in [3.63, 3.8) is 0 Å². The summed E-state index contributed by atoms with van der Waals surface area (Å²) in [5.74, 6) is -0.600. The summed E-state index contributed by atoms with van der Waals surface area (Å²) >= 11 is 1.28. The fourth-order valence-electron chi connectivity index (χ4n) is 2.54. The Morgan fingerprint density at radius 2 is 1.88 bits per heavy atom. The van der Waals surface area contributed by atoms with E-state index in [2.05, 4.69) is 10.3 Å². The van der Waals surface area contributed by atoms with Crippen molar-refractivity contribution >= 4 is 28.3 Å². The Hall–Kier alpha value is -2.93. The predicted molar refractivity (Wildman–Crippen MR) is 97.3 cm³/mol. The Morgan fingerprint density at radius 3 is 2.56 bits per heavy atom. The highest BCUT2D eigenvalue weighted by atomic mass is 32.1. The summed E-state index contributed by atoms with van der Waals surface area (Å²) in [5, 5.41) is 5.03. The molecule has 3 aromatic rings. The standard InChI is InChI=1S/C18H18N4O2S/c19-16(23)11-14-12-25-18(20-14)21-17(24)15(22-8-4-5-9-22)10-13-6-2-1-3-7-13/h1-9,12,15H,10-11H2,(H2,19,23)(H,20,21,24)/t15-/m1/s1. The number of carbonyl (C=O) groups is 2. The van der Waals surface area contributed by atoms with Gasteiger partial charge < -0.3 is 15.6 Å². The Balaban J connectivity index is 1.75. The molecule has 0 aliphatic rings. The van der Waals surface area contributed by atoms with Crippen LogP contribution in [0.3, 0.4) is 0 Å². The largest absolute Gasteiger partial charge is 0.369 e. The number of amides is 2. The van der Waals surface area contributed by atoms with Crippen LogP contribution in [0.5, 0.6) is 0 Å². The van der Waals surface area contributed by atoms with E-state index in [-0.39, 0.29) is 18.4 Å². The molecule has 3 rings (SSSR count). The fourth-order valence-corrected chi connectivity index (χ4v) is 3.25. The number of nitrogens with two attached hydrogens (primary N) is 1. The molecule has 2 amide bonds. The van der Waals surface area contributed by atoms with Crippen LogP contribution in [0.25, 0.3) is 0 Å². The molecule has 0 spiro atoms. The van der Waals surface area contributed by atoms with Gasteiger partial charge in [0.15, 0.2) is 5.13 Å². The zero-order valence-electron chi connectivity index (χ0n) is 13.5. The molecule has 0 aliphatic carbocycles. The first kappa shape index (κ1) is 16.9. The number of aromatic nitrogens is 2. The molecule has 2 aromatic heterocycles. The van der Waals surface area contributed by atoms with E-state index in [1.54, 1.807) is 5.38 Å². The molecule has 7 heteroatoms. The lowest BCUT2D eigenvalue weighted by Gasteiger charge is -2.18. The second-order valence-corrected chi connectivity index (χ2v) is 6.47. The van der Waals surface area contributed by atoms with Crippen LogP contribution in [0.4, 0.5) is 5.13 Å². The zero-order valence-corrected chi connectivity index (χ0v) is 14.3. The molecule has 0 radical (unpaired) electrons. The molecule has 0 saturated heterocycles. The molecular weight excluding hydrogens is 336 g/mol. The van der Waals surface area contributed by atoms with E-state index in [4.69, 9.17) is 5.73 Å². The maximum Gasteiger partial charge on any atom is 0.249 e. The van der Waals surface area contributed by atoms with Crippen LogP contribution in [0.2, 0.25) is 0 Å². The number of thiazole rings is 1. The quantitative estimate of drug-likeness (QED) is 0.683. The van der Waals surface area contributed by atoms with E-state index in [1.165, 1.54) is 11.3 Å². The van der Waals surface area contributed by atoms with E-state index < -0.39 is 5.91 Å². The highest BCUT2D eigenvalue weighted by Crippen LogP contribution is 2.20. The van der Waals surface area contributed by atoms with Crippen LogP contribution < -0.4 is 11.1 Å². The summed E-state index contributed by atoms with van der Waals surface area (Å²) in [6.07, 6.45) is 4.37. The van der Waals surface area contributed by atoms with Gasteiger partial charge in [-0.3, -0.25) is 9.59 Å². The lowest BCUT2D eigenvalue weighted by atomic mass is 10.1. The maximum atomic E-state index is 12.8. The SMILES string of the molecule is NC(=O)Cc1csc(NC(=O)[C@@H](Cc2ccccc2)n2cccc2)n1. The van der Waals surface area contributed by atoms with Gasteiger partial charge in [0, 0.05) is 24.2 Å². The maximum absolute atomic E-state index is 12.8. The normalized spacial score (nSPS) is 11.8. The number of benzene rings is 1. The van der Waals surface area contributed by atoms with Crippen molar-refractivity contribution < 1.29 is 9.59 Å². The summed E-state index contributed by atoms with van der Waals surface area (Å²) in [4.78, 5) is 28.0. The van der Waals surface area contributed by atoms with E-state index in [0.29, 0.717) is 17.2 Å². The van der Waals surface area contributed by atoms with Gasteiger partial charge in [-0.25, -0.2) is 4.98 Å². The average molecular weight is 354 g/mol. The predicted octanol–water partition coefficient (Wildman–Crippen LogP) is 2.39. The number of nitrogens with one attached hydrogen (secondary N) is 1. The number of nitrogens with zero attached hydrogens (tertiary/aromatic N) is 2. The highest BCUT2D eigenvalue weighted by molar-refractivity contribution is 7.13. The van der Waals surface area contributed by atoms with Crippen LogP contribution in [0.1, 0.15) is 17.3 Å². The lowest BCUT2D eigenvalue weighted by molar-refractivity contribution is -0.119. The highest BCUT2D eigenvalue weighted by Gasteiger charge is 2.21. The minimum atomic E-state index is -0.447. The molecular formula is C18H18N4O2S. The summed E-state index contributed by atoms with van der Waals surface area (Å²) in [6, 6.07) is 13.2. The van der Waals surface area contributed by atoms with Gasteiger partial charge in [-0.1, -0.05) is 30.3 Å². The van der Waals surface area contributed by atoms with E-state index in [0.717, 1.165) is 5.56 Å². The molecule has 0 unspecified atom stereocenters. The molecule has 2 heterocycles. The Labute approximate surface area is 149 Å². The average Bonchev–Trinajstić information content (AvgIpc) is 3.25. The first-order chi connectivity index (χ1) is 12.1. The van der Waals surface area contributed by atoms with Gasteiger partial charge in [0.05, 0.1) is 12.1 Å². The smallest absolute Gasteiger partial charge is 0.249 e. The van der Waals surface area contributed by atoms with Crippen molar-refractivity contribution in [1.29, 1.82) is 0 Å². The summed E-state index contributed by atoms with van der Waals surface area (Å²) in [6.45, 7) is 0. The number of anilines is 1. The first-order valence-corrected chi connectivity index (χ1v) is 8.70. The van der Waals surface area contributed by atoms with Crippen LogP contribution in [0.15, 0.2) is 60.2 Å². The first-order valence-electron chi connectivity index (χ1n) is 7.82. The molecule has 25 heavy (non-hydrogen) atoms. The third kappa shape index (κ3) is 4.54. The van der Waals surface area contributed by atoms with Gasteiger partial charge in [-0.15, -0.1) is 11.3 Å². The Kier molecular flexibility index (Phi) is 5.25. The molecule has 0 bridgehead atoms. The van der Waals surface area contributed by atoms with Crippen LogP contribution in [-0.4, -0.2) is 21.4 Å². The van der Waals surface area contributed by atoms with Crippen LogP contribution >= 0.6 is 11.3 Å². The molecule has 3 N–H and O–H groups in total. The topological polar surface area (TPSA) is 90.0 Å². The van der Waals surface area contributed by atoms with E-state index in [9.17, 15) is 9.59 Å². The minimum Gasteiger partial charge on any atom is -0.369 e. The second kappa shape index (κ2) is 7.76. The van der Waals surface area contributed by atoms with Gasteiger partial charge in [-0.2, -0.15) is 0 Å². The number of carbonyl (C=O) groups excluding carboxylic acids is 2. The number of hydrogen-bond acceptors (Lipinski definition) is 4. The van der Waals surface area contributed by atoms with Crippen molar-refractivity contribution in [1.82, 2.24) is 9.55 Å². The van der Waals surface area contributed by atoms with Crippen molar-refractivity contribution in [2.75, 3.05) is 5.32 Å². The van der Waals surface area contributed by atoms with Gasteiger partial charge in [0.2, 0.25) is 11.8 Å². The molecule has 1 atom stereocenters. The minimum absolute atomic E-state index is 0.0669. The van der Waals surface area contributed by atoms with E-state index >= 15 is 0 Å². The Bertz CT molecular complexity index is 843. The van der Waals surface area contributed by atoms with Crippen molar-refractivity contribution in [2.45, 2.75) is 18.9 Å². The fraction of sp³-hybridized carbons (Fsp3) is 0.167. The number of hydrogen-bond donors (Lipinski definition) is 2. The molecule has 128 valence electrons. The van der Waals surface area contributed by atoms with Gasteiger partial charge in [-0.05, 0) is 17.7 Å². The van der Waals surface area contributed by atoms with Crippen molar-refractivity contribution in [3.8, 4) is 0 Å². The lowest BCUT2D eigenvalue weighted by Crippen LogP contribution is -2.27. The van der Waals surface area contributed by atoms with Crippen molar-refractivity contribution in [3.05, 3.63) is 71.5 Å². The van der Waals surface area contributed by atoms with Gasteiger partial charge in [0.25, 0.3) is 0 Å². The Morgan fingerprint density at radius 1 is 1.16 bits per heavy atom. The van der Waals surface area contributed by atoms with Crippen LogP contribution in [0, 0.1) is 0 Å². The van der Waals surface area contributed by atoms with Crippen molar-refractivity contribution in [2.24, 2.45) is 5.73 Å². The molecule has 0 aliphatic heterocycles. The van der Waals surface area contributed by atoms with Gasteiger partial charge >= 0.3 is 0 Å². The monoisotopic (exact) mass is 354 g/mol. The number of rotatable bonds is 7. The summed E-state index contributed by atoms with van der Waals surface area (Å²) in [7, 11) is 0. The third-order valence-electron chi connectivity index (χ3n) is 3.70. The molecule has 0 fully saturated rings. The summed E-state index contributed by atoms with van der Waals surface area (Å²) < 4.78 is 1.88. The molecule has 0 saturated carbocycles. The second-order valence-electron chi connectivity index (χ2n) is 5.61. The van der Waals surface area contributed by atoms with E-state index in [1.807, 2.05) is 59.4 Å². The third-order valence-corrected chi connectivity index (χ3v) is 4.51. The summed E-state index contributed by atoms with van der Waals surface area (Å²) in [5.41, 5.74) is 6.81. The molecule has 6 nitrogen and oxygen atoms in total. The van der Waals surface area contributed by atoms with Crippen LogP contribution in [-0.2, 0) is 22.4 Å². The number of primary amides is 1. The molecule has 1 aromatic carbocycles.